The number of amidine groups is 1. The molecule has 2 aromatic rings. The lowest BCUT2D eigenvalue weighted by Crippen LogP contribution is -2.30. The second-order valence-electron chi connectivity index (χ2n) is 5.43. The zero-order valence-electron chi connectivity index (χ0n) is 11.8. The van der Waals surface area contributed by atoms with Gasteiger partial charge in [0.15, 0.2) is 5.78 Å². The van der Waals surface area contributed by atoms with E-state index in [0.717, 1.165) is 6.54 Å². The van der Waals surface area contributed by atoms with Crippen molar-refractivity contribution in [1.29, 1.82) is 5.41 Å². The van der Waals surface area contributed by atoms with Crippen LogP contribution in [0.5, 0.6) is 0 Å². The third-order valence-electron chi connectivity index (χ3n) is 3.96. The van der Waals surface area contributed by atoms with Crippen molar-refractivity contribution in [3.63, 3.8) is 0 Å². The number of nitrogens with one attached hydrogen (secondary N) is 1. The molecule has 1 unspecified atom stereocenters. The standard InChI is InChI=1S/C18H18N2O/c19-18-11-16(14-7-3-1-4-8-14)12-20(18)13-17(21)15-9-5-2-6-10-15/h1-10,16,19H,11-13H2. The predicted molar refractivity (Wildman–Crippen MR) is 83.9 cm³/mol. The molecule has 1 atom stereocenters. The van der Waals surface area contributed by atoms with Crippen molar-refractivity contribution in [2.45, 2.75) is 12.3 Å². The quantitative estimate of drug-likeness (QED) is 0.872. The monoisotopic (exact) mass is 278 g/mol. The molecule has 2 aromatic carbocycles. The van der Waals surface area contributed by atoms with E-state index in [1.54, 1.807) is 0 Å². The van der Waals surface area contributed by atoms with Crippen LogP contribution < -0.4 is 0 Å². The smallest absolute Gasteiger partial charge is 0.182 e. The highest BCUT2D eigenvalue weighted by Gasteiger charge is 2.29. The Kier molecular flexibility index (Phi) is 3.82. The molecule has 1 aliphatic rings. The second-order valence-corrected chi connectivity index (χ2v) is 5.43. The number of hydrogen-bond acceptors (Lipinski definition) is 2. The van der Waals surface area contributed by atoms with E-state index >= 15 is 0 Å². The van der Waals surface area contributed by atoms with Gasteiger partial charge < -0.3 is 4.90 Å². The molecule has 0 spiro atoms. The summed E-state index contributed by atoms with van der Waals surface area (Å²) in [7, 11) is 0. The zero-order valence-corrected chi connectivity index (χ0v) is 11.8. The van der Waals surface area contributed by atoms with Crippen LogP contribution in [0.25, 0.3) is 0 Å². The number of likely N-dealkylation sites (tertiary alicyclic amines) is 1. The summed E-state index contributed by atoms with van der Waals surface area (Å²) in [6.07, 6.45) is 0.714. The normalized spacial score (nSPS) is 18.0. The van der Waals surface area contributed by atoms with E-state index < -0.39 is 0 Å². The van der Waals surface area contributed by atoms with E-state index in [1.165, 1.54) is 5.56 Å². The molecular formula is C18H18N2O. The molecule has 3 heteroatoms. The Balaban J connectivity index is 1.67. The number of nitrogens with zero attached hydrogens (tertiary/aromatic N) is 1. The van der Waals surface area contributed by atoms with Gasteiger partial charge in [-0.2, -0.15) is 0 Å². The van der Waals surface area contributed by atoms with Gasteiger partial charge in [0.25, 0.3) is 0 Å². The van der Waals surface area contributed by atoms with Crippen LogP contribution in [-0.4, -0.2) is 29.6 Å². The number of ketones is 1. The van der Waals surface area contributed by atoms with Crippen molar-refractivity contribution in [1.82, 2.24) is 4.90 Å². The van der Waals surface area contributed by atoms with E-state index in [0.29, 0.717) is 30.3 Å². The third-order valence-corrected chi connectivity index (χ3v) is 3.96. The summed E-state index contributed by atoms with van der Waals surface area (Å²) in [4.78, 5) is 14.1. The fraction of sp³-hybridized carbons (Fsp3) is 0.222. The number of rotatable bonds is 4. The lowest BCUT2D eigenvalue weighted by molar-refractivity contribution is 0.0965. The first-order valence-corrected chi connectivity index (χ1v) is 7.19. The first-order valence-electron chi connectivity index (χ1n) is 7.19. The summed E-state index contributed by atoms with van der Waals surface area (Å²) < 4.78 is 0. The number of benzene rings is 2. The number of Topliss-reactive ketones (excluding diaryl/α,β-unsaturated/α-hetero) is 1. The lowest BCUT2D eigenvalue weighted by Gasteiger charge is -2.17. The maximum Gasteiger partial charge on any atom is 0.182 e. The van der Waals surface area contributed by atoms with Crippen LogP contribution in [0.3, 0.4) is 0 Å². The molecule has 1 fully saturated rings. The van der Waals surface area contributed by atoms with Crippen LogP contribution in [0.2, 0.25) is 0 Å². The fourth-order valence-corrected chi connectivity index (χ4v) is 2.80. The van der Waals surface area contributed by atoms with Crippen molar-refractivity contribution in [2.24, 2.45) is 0 Å². The van der Waals surface area contributed by atoms with E-state index in [-0.39, 0.29) is 5.78 Å². The Morgan fingerprint density at radius 3 is 2.33 bits per heavy atom. The summed E-state index contributed by atoms with van der Waals surface area (Å²) in [5.41, 5.74) is 1.96. The summed E-state index contributed by atoms with van der Waals surface area (Å²) in [6, 6.07) is 19.5. The van der Waals surface area contributed by atoms with Crippen molar-refractivity contribution in [3.8, 4) is 0 Å². The molecule has 1 saturated heterocycles. The molecule has 1 aliphatic heterocycles. The molecular weight excluding hydrogens is 260 g/mol. The van der Waals surface area contributed by atoms with Crippen LogP contribution in [0.4, 0.5) is 0 Å². The van der Waals surface area contributed by atoms with E-state index in [4.69, 9.17) is 5.41 Å². The average molecular weight is 278 g/mol. The van der Waals surface area contributed by atoms with Crippen LogP contribution in [0.1, 0.15) is 28.3 Å². The van der Waals surface area contributed by atoms with Gasteiger partial charge in [-0.1, -0.05) is 60.7 Å². The highest BCUT2D eigenvalue weighted by atomic mass is 16.1. The van der Waals surface area contributed by atoms with Crippen molar-refractivity contribution < 1.29 is 4.79 Å². The van der Waals surface area contributed by atoms with Gasteiger partial charge in [-0.15, -0.1) is 0 Å². The molecule has 0 aromatic heterocycles. The number of carbonyl (C=O) groups is 1. The Morgan fingerprint density at radius 2 is 1.67 bits per heavy atom. The summed E-state index contributed by atoms with van der Waals surface area (Å²) >= 11 is 0. The molecule has 0 amide bonds. The minimum Gasteiger partial charge on any atom is -0.352 e. The Bertz CT molecular complexity index is 637. The van der Waals surface area contributed by atoms with Gasteiger partial charge in [0.2, 0.25) is 0 Å². The number of carbonyl (C=O) groups excluding carboxylic acids is 1. The molecule has 0 bridgehead atoms. The van der Waals surface area contributed by atoms with Gasteiger partial charge in [0, 0.05) is 24.4 Å². The van der Waals surface area contributed by atoms with Crippen molar-refractivity contribution in [3.05, 3.63) is 71.8 Å². The number of hydrogen-bond donors (Lipinski definition) is 1. The molecule has 1 N–H and O–H groups in total. The largest absolute Gasteiger partial charge is 0.352 e. The maximum atomic E-state index is 12.3. The minimum absolute atomic E-state index is 0.0778. The lowest BCUT2D eigenvalue weighted by atomic mass is 9.98. The first-order chi connectivity index (χ1) is 10.2. The molecule has 0 saturated carbocycles. The molecule has 106 valence electrons. The molecule has 21 heavy (non-hydrogen) atoms. The van der Waals surface area contributed by atoms with Gasteiger partial charge >= 0.3 is 0 Å². The van der Waals surface area contributed by atoms with E-state index in [9.17, 15) is 4.79 Å². The predicted octanol–water partition coefficient (Wildman–Crippen LogP) is 3.34. The van der Waals surface area contributed by atoms with Gasteiger partial charge in [-0.25, -0.2) is 0 Å². The fourth-order valence-electron chi connectivity index (χ4n) is 2.80. The average Bonchev–Trinajstić information content (AvgIpc) is 2.90. The van der Waals surface area contributed by atoms with Crippen LogP contribution in [0.15, 0.2) is 60.7 Å². The van der Waals surface area contributed by atoms with E-state index in [2.05, 4.69) is 12.1 Å². The molecule has 1 heterocycles. The van der Waals surface area contributed by atoms with Crippen LogP contribution in [-0.2, 0) is 0 Å². The summed E-state index contributed by atoms with van der Waals surface area (Å²) in [5.74, 6) is 0.962. The summed E-state index contributed by atoms with van der Waals surface area (Å²) in [6.45, 7) is 1.05. The van der Waals surface area contributed by atoms with Gasteiger partial charge in [-0.3, -0.25) is 10.2 Å². The molecule has 0 aliphatic carbocycles. The second kappa shape index (κ2) is 5.92. The topological polar surface area (TPSA) is 44.2 Å². The zero-order chi connectivity index (χ0) is 14.7. The minimum atomic E-state index is 0.0778. The Morgan fingerprint density at radius 1 is 1.05 bits per heavy atom. The molecule has 3 rings (SSSR count). The van der Waals surface area contributed by atoms with E-state index in [1.807, 2.05) is 53.4 Å². The Labute approximate surface area is 124 Å². The van der Waals surface area contributed by atoms with Crippen molar-refractivity contribution in [2.75, 3.05) is 13.1 Å². The maximum absolute atomic E-state index is 12.3. The highest BCUT2D eigenvalue weighted by Crippen LogP contribution is 2.28. The van der Waals surface area contributed by atoms with Crippen LogP contribution >= 0.6 is 0 Å². The van der Waals surface area contributed by atoms with Gasteiger partial charge in [-0.05, 0) is 5.56 Å². The van der Waals surface area contributed by atoms with Gasteiger partial charge in [0.1, 0.15) is 0 Å². The first kappa shape index (κ1) is 13.6. The van der Waals surface area contributed by atoms with Crippen molar-refractivity contribution >= 4 is 11.6 Å². The molecule has 3 nitrogen and oxygen atoms in total. The third kappa shape index (κ3) is 3.02. The SMILES string of the molecule is N=C1CC(c2ccccc2)CN1CC(=O)c1ccccc1. The molecule has 0 radical (unpaired) electrons. The summed E-state index contributed by atoms with van der Waals surface area (Å²) in [5, 5.41) is 8.12. The van der Waals surface area contributed by atoms with Gasteiger partial charge in [0.05, 0.1) is 12.4 Å². The van der Waals surface area contributed by atoms with Crippen LogP contribution in [0, 0.1) is 5.41 Å². The Hall–Kier alpha value is -2.42. The highest BCUT2D eigenvalue weighted by molar-refractivity contribution is 6.00.